The Kier molecular flexibility index (Phi) is 13.8. The first-order valence-electron chi connectivity index (χ1n) is 5.36. The van der Waals surface area contributed by atoms with E-state index in [1.807, 2.05) is 0 Å². The zero-order chi connectivity index (χ0) is 15.2. The molecule has 0 aromatic heterocycles. The summed E-state index contributed by atoms with van der Waals surface area (Å²) in [7, 11) is -9.04. The Hall–Kier alpha value is 1.39. The molecule has 0 spiro atoms. The van der Waals surface area contributed by atoms with E-state index in [0.29, 0.717) is 0 Å². The van der Waals surface area contributed by atoms with E-state index in [2.05, 4.69) is 0 Å². The van der Waals surface area contributed by atoms with Crippen LogP contribution < -0.4 is 30.2 Å². The smallest absolute Gasteiger partial charge is 0.807 e. The molecular formula is C12H10O6P2Th2. The molecule has 0 aliphatic carbocycles. The van der Waals surface area contributed by atoms with Gasteiger partial charge in [0.1, 0.15) is 0 Å². The Morgan fingerprint density at radius 2 is 0.773 bits per heavy atom. The van der Waals surface area contributed by atoms with Crippen LogP contribution in [0, 0.1) is 79.9 Å². The molecule has 0 saturated carbocycles. The summed E-state index contributed by atoms with van der Waals surface area (Å²) < 4.78 is 20.6. The van der Waals surface area contributed by atoms with Gasteiger partial charge in [-0.05, 0) is 25.8 Å². The van der Waals surface area contributed by atoms with Gasteiger partial charge in [-0.25, -0.2) is 0 Å². The van der Waals surface area contributed by atoms with Gasteiger partial charge in [-0.2, -0.15) is 0 Å². The van der Waals surface area contributed by atoms with Crippen molar-refractivity contribution in [2.24, 2.45) is 0 Å². The van der Waals surface area contributed by atoms with Crippen molar-refractivity contribution in [2.75, 3.05) is 0 Å². The van der Waals surface area contributed by atoms with E-state index in [9.17, 15) is 28.7 Å². The van der Waals surface area contributed by atoms with Crippen molar-refractivity contribution in [1.29, 1.82) is 0 Å². The minimum atomic E-state index is -4.52. The minimum Gasteiger partial charge on any atom is -0.807 e. The van der Waals surface area contributed by atoms with E-state index in [0.717, 1.165) is 0 Å². The zero-order valence-corrected chi connectivity index (χ0v) is 21.1. The molecule has 0 amide bonds. The number of rotatable bonds is 2. The topological polar surface area (TPSA) is 126 Å². The quantitative estimate of drug-likeness (QED) is 0.341. The largest absolute Gasteiger partial charge is 2.00 e. The molecule has 0 aliphatic rings. The van der Waals surface area contributed by atoms with Crippen LogP contribution in [0.1, 0.15) is 0 Å². The van der Waals surface area contributed by atoms with E-state index in [-0.39, 0.29) is 90.5 Å². The van der Waals surface area contributed by atoms with E-state index in [1.165, 1.54) is 48.5 Å². The Labute approximate surface area is 192 Å². The minimum absolute atomic E-state index is 0. The number of hydrogen-bond acceptors (Lipinski definition) is 6. The summed E-state index contributed by atoms with van der Waals surface area (Å²) in [5, 5.41) is -0.315. The molecule has 2 rings (SSSR count). The summed E-state index contributed by atoms with van der Waals surface area (Å²) in [5.74, 6) is 0. The molecule has 0 N–H and O–H groups in total. The van der Waals surface area contributed by atoms with E-state index in [4.69, 9.17) is 0 Å². The van der Waals surface area contributed by atoms with Gasteiger partial charge in [-0.3, -0.25) is 0 Å². The molecular weight excluding hydrogens is 766 g/mol. The fourth-order valence-corrected chi connectivity index (χ4v) is 2.30. The SMILES string of the molecule is O=P([O-])([O-])c1ccccc1.O=P([O-])([O-])c1ccccc1.[Th+2].[Th+2]. The maximum atomic E-state index is 10.3. The molecule has 0 heterocycles. The summed E-state index contributed by atoms with van der Waals surface area (Å²) >= 11 is 0. The van der Waals surface area contributed by atoms with Gasteiger partial charge >= 0.3 is 79.9 Å². The summed E-state index contributed by atoms with van der Waals surface area (Å²) in [6.07, 6.45) is 0. The third-order valence-corrected chi connectivity index (χ3v) is 4.01. The zero-order valence-electron chi connectivity index (χ0n) is 11.1. The Morgan fingerprint density at radius 3 is 0.909 bits per heavy atom. The van der Waals surface area contributed by atoms with Gasteiger partial charge in [0.2, 0.25) is 0 Å². The van der Waals surface area contributed by atoms with Crippen LogP contribution in [-0.4, -0.2) is 0 Å². The van der Waals surface area contributed by atoms with Crippen molar-refractivity contribution in [3.05, 3.63) is 60.7 Å². The standard InChI is InChI=1S/2C6H7O3P.2Th/c2*7-10(8,9)6-4-2-1-3-5-6;;/h2*1-5H,(H2,7,8,9);;/q;;2*+2/p-4. The fourth-order valence-electron chi connectivity index (χ4n) is 1.22. The first-order valence-corrected chi connectivity index (χ1v) is 8.45. The molecule has 0 fully saturated rings. The molecule has 22 heavy (non-hydrogen) atoms. The summed E-state index contributed by atoms with van der Waals surface area (Å²) in [5.41, 5.74) is 0. The molecule has 2 aromatic carbocycles. The Morgan fingerprint density at radius 1 is 0.545 bits per heavy atom. The molecule has 0 unspecified atom stereocenters. The van der Waals surface area contributed by atoms with Crippen LogP contribution in [0.4, 0.5) is 0 Å². The summed E-state index contributed by atoms with van der Waals surface area (Å²) in [6, 6.07) is 14.5. The van der Waals surface area contributed by atoms with Crippen LogP contribution in [0.5, 0.6) is 0 Å². The van der Waals surface area contributed by atoms with E-state index >= 15 is 0 Å². The van der Waals surface area contributed by atoms with Crippen LogP contribution in [-0.2, 0) is 9.13 Å². The van der Waals surface area contributed by atoms with Gasteiger partial charge in [0, 0.05) is 0 Å². The van der Waals surface area contributed by atoms with Crippen molar-refractivity contribution in [3.63, 3.8) is 0 Å². The maximum absolute atomic E-state index is 10.3. The molecule has 112 valence electrons. The van der Waals surface area contributed by atoms with E-state index in [1.54, 1.807) is 12.1 Å². The van der Waals surface area contributed by atoms with Gasteiger partial charge in [0.25, 0.3) is 0 Å². The van der Waals surface area contributed by atoms with Crippen LogP contribution in [0.25, 0.3) is 0 Å². The molecule has 0 saturated heterocycles. The van der Waals surface area contributed by atoms with Crippen molar-refractivity contribution in [3.8, 4) is 0 Å². The normalized spacial score (nSPS) is 10.4. The molecule has 0 aliphatic heterocycles. The van der Waals surface area contributed by atoms with Gasteiger partial charge < -0.3 is 28.7 Å². The molecule has 0 atom stereocenters. The average molecular weight is 776 g/mol. The first-order chi connectivity index (χ1) is 9.21. The van der Waals surface area contributed by atoms with Crippen molar-refractivity contribution < 1.29 is 109 Å². The third kappa shape index (κ3) is 10.3. The molecule has 0 radical (unpaired) electrons. The van der Waals surface area contributed by atoms with Gasteiger partial charge in [-0.15, -0.1) is 0 Å². The summed E-state index contributed by atoms with van der Waals surface area (Å²) in [6.45, 7) is 0. The number of benzene rings is 2. The monoisotopic (exact) mass is 776 g/mol. The van der Waals surface area contributed by atoms with E-state index < -0.39 is 15.2 Å². The van der Waals surface area contributed by atoms with Crippen molar-refractivity contribution in [2.45, 2.75) is 0 Å². The molecule has 2 aromatic rings. The second-order valence-electron chi connectivity index (χ2n) is 3.67. The predicted molar refractivity (Wildman–Crippen MR) is 67.4 cm³/mol. The molecule has 6 nitrogen and oxygen atoms in total. The fraction of sp³-hybridized carbons (Fsp3) is 0. The second-order valence-corrected chi connectivity index (χ2v) is 6.69. The molecule has 10 heteroatoms. The van der Waals surface area contributed by atoms with Crippen LogP contribution in [0.3, 0.4) is 0 Å². The van der Waals surface area contributed by atoms with Crippen LogP contribution in [0.15, 0.2) is 60.7 Å². The van der Waals surface area contributed by atoms with Crippen LogP contribution >= 0.6 is 15.2 Å². The maximum Gasteiger partial charge on any atom is 2.00 e. The first kappa shape index (κ1) is 25.6. The van der Waals surface area contributed by atoms with Crippen molar-refractivity contribution >= 4 is 25.8 Å². The van der Waals surface area contributed by atoms with Gasteiger partial charge in [-0.1, -0.05) is 60.7 Å². The third-order valence-electron chi connectivity index (χ3n) is 2.14. The van der Waals surface area contributed by atoms with Crippen molar-refractivity contribution in [1.82, 2.24) is 0 Å². The van der Waals surface area contributed by atoms with Gasteiger partial charge in [0.15, 0.2) is 0 Å². The van der Waals surface area contributed by atoms with Gasteiger partial charge in [0.05, 0.1) is 0 Å². The molecule has 0 bridgehead atoms. The average Bonchev–Trinajstić information content (AvgIpc) is 2.40. The predicted octanol–water partition coefficient (Wildman–Crippen LogP) is -1.55. The Bertz CT molecular complexity index is 569. The second kappa shape index (κ2) is 11.9. The Balaban J connectivity index is 0. The summed E-state index contributed by atoms with van der Waals surface area (Å²) in [4.78, 5) is 41.2. The van der Waals surface area contributed by atoms with Crippen LogP contribution in [0.2, 0.25) is 0 Å². The number of hydrogen-bond donors (Lipinski definition) is 0.